The molecule has 0 saturated carbocycles. The number of nitrogens with zero attached hydrogens (tertiary/aromatic N) is 3. The van der Waals surface area contributed by atoms with E-state index in [-0.39, 0.29) is 5.41 Å². The summed E-state index contributed by atoms with van der Waals surface area (Å²) >= 11 is 0. The Labute approximate surface area is 277 Å². The number of hydrogen-bond acceptors (Lipinski definition) is 5. The molecule has 5 heteroatoms. The van der Waals surface area contributed by atoms with Crippen LogP contribution in [0.2, 0.25) is 0 Å². The van der Waals surface area contributed by atoms with Crippen LogP contribution < -0.4 is 5.32 Å². The third-order valence-corrected chi connectivity index (χ3v) is 10.2. The van der Waals surface area contributed by atoms with Crippen molar-refractivity contribution < 1.29 is 5.11 Å². The molecular weight excluding hydrogens is 576 g/mol. The average molecular weight is 617 g/mol. The summed E-state index contributed by atoms with van der Waals surface area (Å²) in [5.41, 5.74) is 20.8. The zero-order valence-corrected chi connectivity index (χ0v) is 28.5. The van der Waals surface area contributed by atoms with E-state index in [2.05, 4.69) is 121 Å². The summed E-state index contributed by atoms with van der Waals surface area (Å²) in [6.45, 7) is 17.5. The molecule has 234 valence electrons. The van der Waals surface area contributed by atoms with Crippen LogP contribution >= 0.6 is 0 Å². The summed E-state index contributed by atoms with van der Waals surface area (Å²) in [6.07, 6.45) is 14.1. The van der Waals surface area contributed by atoms with Crippen molar-refractivity contribution in [2.24, 2.45) is 20.4 Å². The summed E-state index contributed by atoms with van der Waals surface area (Å²) in [4.78, 5) is 16.0. The molecule has 1 saturated heterocycles. The Bertz CT molecular complexity index is 2180. The van der Waals surface area contributed by atoms with Gasteiger partial charge in [0.15, 0.2) is 0 Å². The fourth-order valence-corrected chi connectivity index (χ4v) is 8.23. The lowest BCUT2D eigenvalue weighted by molar-refractivity contribution is 0.400. The first-order chi connectivity index (χ1) is 22.4. The Morgan fingerprint density at radius 1 is 0.702 bits per heavy atom. The Morgan fingerprint density at radius 2 is 1.30 bits per heavy atom. The number of aliphatic hydroxyl groups is 1. The minimum absolute atomic E-state index is 0.130. The Balaban J connectivity index is 1.47. The van der Waals surface area contributed by atoms with Gasteiger partial charge >= 0.3 is 0 Å². The van der Waals surface area contributed by atoms with E-state index in [1.165, 1.54) is 38.9 Å². The maximum Gasteiger partial charge on any atom is 0.106 e. The van der Waals surface area contributed by atoms with Crippen molar-refractivity contribution in [2.45, 2.75) is 68.2 Å². The van der Waals surface area contributed by atoms with Gasteiger partial charge in [0.05, 0.1) is 34.2 Å². The number of hydrogen-bond donors (Lipinski definition) is 2. The second-order valence-electron chi connectivity index (χ2n) is 14.5. The van der Waals surface area contributed by atoms with Crippen molar-refractivity contribution in [3.8, 4) is 0 Å². The molecule has 47 heavy (non-hydrogen) atoms. The Kier molecular flexibility index (Phi) is 6.40. The number of rotatable bonds is 2. The molecule has 8 bridgehead atoms. The van der Waals surface area contributed by atoms with Gasteiger partial charge in [-0.05, 0) is 118 Å². The van der Waals surface area contributed by atoms with Gasteiger partial charge in [-0.15, -0.1) is 0 Å². The molecule has 2 aromatic rings. The van der Waals surface area contributed by atoms with Gasteiger partial charge in [-0.25, -0.2) is 15.0 Å². The summed E-state index contributed by atoms with van der Waals surface area (Å²) < 4.78 is 0. The van der Waals surface area contributed by atoms with Gasteiger partial charge in [0.1, 0.15) is 5.76 Å². The molecule has 2 N–H and O–H groups in total. The van der Waals surface area contributed by atoms with Crippen LogP contribution in [0.1, 0.15) is 71.2 Å². The highest BCUT2D eigenvalue weighted by molar-refractivity contribution is 6.33. The summed E-state index contributed by atoms with van der Waals surface area (Å²) in [7, 11) is 0. The molecule has 0 radical (unpaired) electrons. The van der Waals surface area contributed by atoms with E-state index >= 15 is 0 Å². The first kappa shape index (κ1) is 29.4. The summed E-state index contributed by atoms with van der Waals surface area (Å²) in [5, 5.41) is 15.1. The molecule has 0 amide bonds. The van der Waals surface area contributed by atoms with E-state index in [9.17, 15) is 5.11 Å². The van der Waals surface area contributed by atoms with Crippen molar-refractivity contribution >= 4 is 28.3 Å². The molecule has 5 heterocycles. The predicted molar refractivity (Wildman–Crippen MR) is 195 cm³/mol. The van der Waals surface area contributed by atoms with Crippen LogP contribution in [0.5, 0.6) is 0 Å². The van der Waals surface area contributed by atoms with Crippen molar-refractivity contribution in [2.75, 3.05) is 0 Å². The SMILES string of the molecule is Cc1cc(C)c(C2=C3C=CC(=N3)C(c3c(C)cc(C)cc3C)=C3C=CC(=N3)C=C3NC(=C4CC(O)=C5C=C2N=C54)CC3(C)C)c(C)c1. The maximum atomic E-state index is 11.3. The molecule has 5 nitrogen and oxygen atoms in total. The van der Waals surface area contributed by atoms with Gasteiger partial charge in [0.25, 0.3) is 0 Å². The average Bonchev–Trinajstić information content (AvgIpc) is 3.80. The Hall–Kier alpha value is -5.03. The Morgan fingerprint density at radius 3 is 1.96 bits per heavy atom. The number of allylic oxidation sites excluding steroid dienone is 12. The smallest absolute Gasteiger partial charge is 0.106 e. The summed E-state index contributed by atoms with van der Waals surface area (Å²) in [6, 6.07) is 8.96. The first-order valence-corrected chi connectivity index (χ1v) is 16.5. The molecule has 0 aromatic heterocycles. The van der Waals surface area contributed by atoms with Gasteiger partial charge in [0.2, 0.25) is 0 Å². The topological polar surface area (TPSA) is 69.3 Å². The number of nitrogens with one attached hydrogen (secondary N) is 1. The van der Waals surface area contributed by atoms with Gasteiger partial charge in [-0.3, -0.25) is 0 Å². The highest BCUT2D eigenvalue weighted by Crippen LogP contribution is 2.47. The molecule has 8 rings (SSSR count). The number of aliphatic imine (C=N–C) groups is 3. The third kappa shape index (κ3) is 4.63. The van der Waals surface area contributed by atoms with E-state index in [1.807, 2.05) is 0 Å². The summed E-state index contributed by atoms with van der Waals surface area (Å²) in [5.74, 6) is 0.371. The molecule has 6 aliphatic rings. The minimum Gasteiger partial charge on any atom is -0.511 e. The van der Waals surface area contributed by atoms with Crippen LogP contribution in [0.4, 0.5) is 0 Å². The second-order valence-corrected chi connectivity index (χ2v) is 14.5. The van der Waals surface area contributed by atoms with E-state index in [0.29, 0.717) is 12.2 Å². The molecule has 1 aliphatic carbocycles. The van der Waals surface area contributed by atoms with Crippen LogP contribution in [-0.4, -0.2) is 22.2 Å². The second kappa shape index (κ2) is 10.2. The van der Waals surface area contributed by atoms with E-state index in [4.69, 9.17) is 15.0 Å². The van der Waals surface area contributed by atoms with Crippen molar-refractivity contribution in [3.05, 3.63) is 151 Å². The monoisotopic (exact) mass is 616 g/mol. The van der Waals surface area contributed by atoms with Crippen LogP contribution in [-0.2, 0) is 0 Å². The fourth-order valence-electron chi connectivity index (χ4n) is 8.23. The van der Waals surface area contributed by atoms with Gasteiger partial charge in [-0.1, -0.05) is 49.2 Å². The number of fused-ring (bicyclic) bond motifs is 5. The van der Waals surface area contributed by atoms with Crippen LogP contribution in [0.25, 0.3) is 11.1 Å². The number of aryl methyl sites for hydroxylation is 6. The highest BCUT2D eigenvalue weighted by atomic mass is 16.3. The van der Waals surface area contributed by atoms with Crippen LogP contribution in [0.15, 0.2) is 121 Å². The molecule has 0 spiro atoms. The van der Waals surface area contributed by atoms with Crippen LogP contribution in [0, 0.1) is 47.0 Å². The standard InChI is InChI=1S/C42H40N4O/c1-21-13-23(3)37(24(4)14-21)39-30-10-9-27(43-30)17-36-42(7,8)20-34(45-36)28-19-35(47)29-18-33(46-41(28)29)40(32-12-11-31(39)44-32)38-25(5)15-22(2)16-26(38)6/h9-18,45,47H,19-20H2,1-8H3. The molecule has 1 fully saturated rings. The normalized spacial score (nSPS) is 20.7. The molecule has 5 aliphatic heterocycles. The van der Waals surface area contributed by atoms with Crippen molar-refractivity contribution in [1.82, 2.24) is 5.32 Å². The van der Waals surface area contributed by atoms with Gasteiger partial charge in [0, 0.05) is 45.5 Å². The van der Waals surface area contributed by atoms with Crippen molar-refractivity contribution in [3.63, 3.8) is 0 Å². The lowest BCUT2D eigenvalue weighted by atomic mass is 9.87. The lowest BCUT2D eigenvalue weighted by Crippen LogP contribution is -2.15. The quantitative estimate of drug-likeness (QED) is 0.353. The van der Waals surface area contributed by atoms with E-state index in [1.54, 1.807) is 0 Å². The molecular formula is C42H40N4O. The zero-order chi connectivity index (χ0) is 32.9. The largest absolute Gasteiger partial charge is 0.511 e. The van der Waals surface area contributed by atoms with Gasteiger partial charge in [-0.2, -0.15) is 0 Å². The van der Waals surface area contributed by atoms with Crippen molar-refractivity contribution in [1.29, 1.82) is 0 Å². The highest BCUT2D eigenvalue weighted by Gasteiger charge is 2.39. The minimum atomic E-state index is -0.130. The first-order valence-electron chi connectivity index (χ1n) is 16.5. The molecule has 0 unspecified atom stereocenters. The maximum absolute atomic E-state index is 11.3. The molecule has 2 aromatic carbocycles. The zero-order valence-electron chi connectivity index (χ0n) is 28.5. The number of aliphatic hydroxyl groups excluding tert-OH is 1. The van der Waals surface area contributed by atoms with Gasteiger partial charge < -0.3 is 10.4 Å². The predicted octanol–water partition coefficient (Wildman–Crippen LogP) is 9.41. The third-order valence-electron chi connectivity index (χ3n) is 10.2. The molecule has 0 atom stereocenters. The fraction of sp³-hybridized carbons (Fsp3) is 0.262. The van der Waals surface area contributed by atoms with E-state index in [0.717, 1.165) is 79.9 Å². The number of benzene rings is 2. The van der Waals surface area contributed by atoms with E-state index < -0.39 is 0 Å². The van der Waals surface area contributed by atoms with Crippen LogP contribution in [0.3, 0.4) is 0 Å². The lowest BCUT2D eigenvalue weighted by Gasteiger charge is -2.18.